The minimum atomic E-state index is 0.319. The molecule has 3 rings (SSSR count). The largest absolute Gasteiger partial charge is 0.300 e. The molecule has 0 N–H and O–H groups in total. The number of hydrogen-bond donors (Lipinski definition) is 0. The maximum atomic E-state index is 4.77. The van der Waals surface area contributed by atoms with E-state index in [0.29, 0.717) is 18.0 Å². The van der Waals surface area contributed by atoms with Crippen molar-refractivity contribution < 1.29 is 0 Å². The zero-order valence-electron chi connectivity index (χ0n) is 15.5. The van der Waals surface area contributed by atoms with Gasteiger partial charge in [-0.1, -0.05) is 0 Å². The highest BCUT2D eigenvalue weighted by Crippen LogP contribution is 2.29. The van der Waals surface area contributed by atoms with Crippen molar-refractivity contribution in [2.45, 2.75) is 65.5 Å². The molecule has 0 aromatic carbocycles. The third-order valence-electron chi connectivity index (χ3n) is 4.88. The normalized spacial score (nSPS) is 19.4. The van der Waals surface area contributed by atoms with Gasteiger partial charge in [0, 0.05) is 36.4 Å². The molecule has 3 heterocycles. The molecule has 5 nitrogen and oxygen atoms in total. The quantitative estimate of drug-likeness (QED) is 0.856. The van der Waals surface area contributed by atoms with E-state index in [1.807, 2.05) is 23.9 Å². The highest BCUT2D eigenvalue weighted by atomic mass is 15.3. The lowest BCUT2D eigenvalue weighted by Gasteiger charge is -2.35. The van der Waals surface area contributed by atoms with E-state index in [1.54, 1.807) is 0 Å². The van der Waals surface area contributed by atoms with Gasteiger partial charge in [0.2, 0.25) is 0 Å². The van der Waals surface area contributed by atoms with Gasteiger partial charge in [0.1, 0.15) is 5.82 Å². The van der Waals surface area contributed by atoms with Crippen LogP contribution >= 0.6 is 0 Å². The van der Waals surface area contributed by atoms with Crippen molar-refractivity contribution >= 4 is 0 Å². The van der Waals surface area contributed by atoms with Crippen LogP contribution < -0.4 is 0 Å². The van der Waals surface area contributed by atoms with E-state index >= 15 is 0 Å². The fourth-order valence-electron chi connectivity index (χ4n) is 3.58. The van der Waals surface area contributed by atoms with E-state index < -0.39 is 0 Å². The van der Waals surface area contributed by atoms with E-state index in [9.17, 15) is 0 Å². The first-order valence-electron chi connectivity index (χ1n) is 9.09. The maximum absolute atomic E-state index is 4.77. The summed E-state index contributed by atoms with van der Waals surface area (Å²) < 4.78 is 2.03. The lowest BCUT2D eigenvalue weighted by Crippen LogP contribution is -2.39. The first kappa shape index (κ1) is 17.1. The molecule has 0 bridgehead atoms. The molecule has 24 heavy (non-hydrogen) atoms. The first-order chi connectivity index (χ1) is 11.5. The summed E-state index contributed by atoms with van der Waals surface area (Å²) in [6.45, 7) is 13.1. The Labute approximate surface area is 145 Å². The van der Waals surface area contributed by atoms with E-state index in [2.05, 4.69) is 48.7 Å². The second-order valence-corrected chi connectivity index (χ2v) is 7.41. The number of hydrogen-bond acceptors (Lipinski definition) is 4. The van der Waals surface area contributed by atoms with Crippen LogP contribution in [0.15, 0.2) is 18.3 Å². The Bertz CT molecular complexity index is 689. The predicted octanol–water partition coefficient (Wildman–Crippen LogP) is 3.82. The van der Waals surface area contributed by atoms with Crippen LogP contribution in [-0.4, -0.2) is 43.8 Å². The summed E-state index contributed by atoms with van der Waals surface area (Å²) in [6, 6.07) is 5.14. The second kappa shape index (κ2) is 7.01. The molecule has 0 spiro atoms. The van der Waals surface area contributed by atoms with Crippen molar-refractivity contribution in [1.82, 2.24) is 24.6 Å². The number of likely N-dealkylation sites (tertiary alicyclic amines) is 1. The zero-order chi connectivity index (χ0) is 17.3. The molecule has 0 saturated carbocycles. The second-order valence-electron chi connectivity index (χ2n) is 7.41. The van der Waals surface area contributed by atoms with Gasteiger partial charge in [0.05, 0.1) is 11.4 Å². The number of piperidine rings is 1. The van der Waals surface area contributed by atoms with Gasteiger partial charge in [0.25, 0.3) is 0 Å². The van der Waals surface area contributed by atoms with Gasteiger partial charge >= 0.3 is 0 Å². The summed E-state index contributed by atoms with van der Waals surface area (Å²) in [5.74, 6) is 1.35. The van der Waals surface area contributed by atoms with Crippen molar-refractivity contribution in [2.75, 3.05) is 13.1 Å². The Morgan fingerprint density at radius 1 is 1.12 bits per heavy atom. The highest BCUT2D eigenvalue weighted by Gasteiger charge is 2.25. The van der Waals surface area contributed by atoms with Crippen LogP contribution in [0.2, 0.25) is 0 Å². The lowest BCUT2D eigenvalue weighted by molar-refractivity contribution is 0.166. The first-order valence-corrected chi connectivity index (χ1v) is 9.09. The molecule has 130 valence electrons. The lowest BCUT2D eigenvalue weighted by atomic mass is 9.93. The van der Waals surface area contributed by atoms with E-state index in [-0.39, 0.29) is 0 Å². The van der Waals surface area contributed by atoms with Gasteiger partial charge in [-0.25, -0.2) is 9.97 Å². The van der Waals surface area contributed by atoms with Gasteiger partial charge in [-0.15, -0.1) is 0 Å². The van der Waals surface area contributed by atoms with Crippen LogP contribution in [0.4, 0.5) is 0 Å². The minimum Gasteiger partial charge on any atom is -0.300 e. The predicted molar refractivity (Wildman–Crippen MR) is 97.1 cm³/mol. The molecule has 1 atom stereocenters. The monoisotopic (exact) mass is 327 g/mol. The van der Waals surface area contributed by atoms with Crippen molar-refractivity contribution in [3.8, 4) is 11.4 Å². The molecule has 1 aliphatic heterocycles. The molecule has 0 radical (unpaired) electrons. The third-order valence-corrected chi connectivity index (χ3v) is 4.88. The smallest absolute Gasteiger partial charge is 0.126 e. The fraction of sp³-hybridized carbons (Fsp3) is 0.632. The van der Waals surface area contributed by atoms with E-state index in [4.69, 9.17) is 4.98 Å². The number of rotatable bonds is 4. The molecule has 1 fully saturated rings. The molecule has 0 aliphatic carbocycles. The molecular formula is C19H29N5. The van der Waals surface area contributed by atoms with Crippen LogP contribution in [0.1, 0.15) is 64.0 Å². The van der Waals surface area contributed by atoms with Gasteiger partial charge < -0.3 is 4.90 Å². The Morgan fingerprint density at radius 3 is 2.62 bits per heavy atom. The Kier molecular flexibility index (Phi) is 4.99. The van der Waals surface area contributed by atoms with Crippen LogP contribution in [0.5, 0.6) is 0 Å². The van der Waals surface area contributed by atoms with Crippen molar-refractivity contribution in [3.63, 3.8) is 0 Å². The molecule has 1 aliphatic rings. The molecule has 2 aromatic heterocycles. The van der Waals surface area contributed by atoms with Crippen LogP contribution in [0, 0.1) is 6.92 Å². The van der Waals surface area contributed by atoms with Gasteiger partial charge in [0.15, 0.2) is 0 Å². The van der Waals surface area contributed by atoms with Crippen molar-refractivity contribution in [1.29, 1.82) is 0 Å². The summed E-state index contributed by atoms with van der Waals surface area (Å²) in [5.41, 5.74) is 3.25. The Balaban J connectivity index is 1.93. The highest BCUT2D eigenvalue weighted by molar-refractivity contribution is 5.55. The van der Waals surface area contributed by atoms with Crippen LogP contribution in [-0.2, 0) is 0 Å². The zero-order valence-corrected chi connectivity index (χ0v) is 15.5. The summed E-state index contributed by atoms with van der Waals surface area (Å²) >= 11 is 0. The molecular weight excluding hydrogens is 298 g/mol. The molecule has 0 unspecified atom stereocenters. The summed E-state index contributed by atoms with van der Waals surface area (Å²) in [6.07, 6.45) is 4.31. The summed E-state index contributed by atoms with van der Waals surface area (Å²) in [5, 5.41) is 4.45. The molecule has 1 saturated heterocycles. The summed E-state index contributed by atoms with van der Waals surface area (Å²) in [4.78, 5) is 12.0. The van der Waals surface area contributed by atoms with Gasteiger partial charge in [-0.3, -0.25) is 4.68 Å². The fourth-order valence-corrected chi connectivity index (χ4v) is 3.58. The minimum absolute atomic E-state index is 0.319. The molecule has 2 aromatic rings. The Hall–Kier alpha value is -1.75. The standard InChI is InChI=1S/C19H29N5/c1-13(2)23-10-6-7-16(12-23)17-11-18(22-15(5)21-17)19-8-9-20-24(19)14(3)4/h8-9,11,13-14,16H,6-7,10,12H2,1-5H3/t16-/m1/s1. The SMILES string of the molecule is Cc1nc(-c2ccnn2C(C)C)cc([C@@H]2CCCN(C(C)C)C2)n1. The van der Waals surface area contributed by atoms with Crippen LogP contribution in [0.3, 0.4) is 0 Å². The average molecular weight is 327 g/mol. The van der Waals surface area contributed by atoms with Crippen LogP contribution in [0.25, 0.3) is 11.4 Å². The van der Waals surface area contributed by atoms with Gasteiger partial charge in [-0.05, 0) is 66.1 Å². The number of nitrogens with zero attached hydrogens (tertiary/aromatic N) is 5. The molecule has 0 amide bonds. The van der Waals surface area contributed by atoms with Gasteiger partial charge in [-0.2, -0.15) is 5.10 Å². The topological polar surface area (TPSA) is 46.8 Å². The van der Waals surface area contributed by atoms with Crippen molar-refractivity contribution in [2.24, 2.45) is 0 Å². The maximum Gasteiger partial charge on any atom is 0.126 e. The van der Waals surface area contributed by atoms with Crippen molar-refractivity contribution in [3.05, 3.63) is 29.8 Å². The summed E-state index contributed by atoms with van der Waals surface area (Å²) in [7, 11) is 0. The molecule has 5 heteroatoms. The number of aromatic nitrogens is 4. The average Bonchev–Trinajstić information content (AvgIpc) is 3.04. The Morgan fingerprint density at radius 2 is 1.92 bits per heavy atom. The third kappa shape index (κ3) is 3.51. The van der Waals surface area contributed by atoms with E-state index in [0.717, 1.165) is 23.8 Å². The number of aryl methyl sites for hydroxylation is 1. The van der Waals surface area contributed by atoms with E-state index in [1.165, 1.54) is 25.1 Å².